The van der Waals surface area contributed by atoms with Gasteiger partial charge in [-0.05, 0) is 18.3 Å². The number of rotatable bonds is 5. The van der Waals surface area contributed by atoms with Gasteiger partial charge in [0, 0.05) is 12.2 Å². The Morgan fingerprint density at radius 1 is 1.33 bits per heavy atom. The minimum Gasteiger partial charge on any atom is -0.369 e. The predicted molar refractivity (Wildman–Crippen MR) is 84.7 cm³/mol. The molecule has 0 aliphatic heterocycles. The molecule has 9 heteroatoms. The number of allylic oxidation sites excluding steroid dienone is 1. The number of carbonyl (C=O) groups excluding carboxylic acids is 1. The highest BCUT2D eigenvalue weighted by Gasteiger charge is 2.47. The fraction of sp³-hybridized carbons (Fsp3) is 0.333. The number of nitrogens with one attached hydrogen (secondary N) is 3. The highest BCUT2D eigenvalue weighted by atomic mass is 19.1. The van der Waals surface area contributed by atoms with Crippen molar-refractivity contribution >= 4 is 23.4 Å². The second-order valence-corrected chi connectivity index (χ2v) is 6.05. The number of carbonyl (C=O) groups is 1. The van der Waals surface area contributed by atoms with Crippen LogP contribution in [0.15, 0.2) is 30.7 Å². The van der Waals surface area contributed by atoms with Crippen LogP contribution in [0.4, 0.5) is 21.8 Å². The first-order chi connectivity index (χ1) is 11.6. The zero-order valence-electron chi connectivity index (χ0n) is 12.6. The molecule has 4 rings (SSSR count). The van der Waals surface area contributed by atoms with E-state index < -0.39 is 5.82 Å². The number of nitrogens with two attached hydrogens (primary N) is 1. The molecule has 24 heavy (non-hydrogen) atoms. The molecule has 4 atom stereocenters. The molecule has 1 saturated carbocycles. The summed E-state index contributed by atoms with van der Waals surface area (Å²) < 4.78 is 14.1. The van der Waals surface area contributed by atoms with E-state index in [-0.39, 0.29) is 41.5 Å². The molecule has 5 N–H and O–H groups in total. The highest BCUT2D eigenvalue weighted by Crippen LogP contribution is 2.44. The van der Waals surface area contributed by atoms with Gasteiger partial charge < -0.3 is 16.4 Å². The lowest BCUT2D eigenvalue weighted by atomic mass is 9.88. The van der Waals surface area contributed by atoms with Crippen LogP contribution in [0.1, 0.15) is 6.42 Å². The average molecular weight is 329 g/mol. The van der Waals surface area contributed by atoms with Gasteiger partial charge in [-0.25, -0.2) is 9.37 Å². The van der Waals surface area contributed by atoms with Crippen LogP contribution < -0.4 is 16.4 Å². The van der Waals surface area contributed by atoms with Crippen molar-refractivity contribution in [1.29, 1.82) is 0 Å². The van der Waals surface area contributed by atoms with Crippen LogP contribution in [0.5, 0.6) is 0 Å². The lowest BCUT2D eigenvalue weighted by molar-refractivity contribution is -0.122. The maximum atomic E-state index is 14.1. The lowest BCUT2D eigenvalue weighted by Crippen LogP contribution is -2.41. The number of amides is 1. The minimum atomic E-state index is -0.581. The van der Waals surface area contributed by atoms with E-state index in [1.165, 1.54) is 0 Å². The van der Waals surface area contributed by atoms with Gasteiger partial charge in [-0.1, -0.05) is 12.2 Å². The van der Waals surface area contributed by atoms with E-state index in [2.05, 4.69) is 30.8 Å². The molecular formula is C15H16FN7O. The van der Waals surface area contributed by atoms with Crippen molar-refractivity contribution in [1.82, 2.24) is 20.2 Å². The third-order valence-corrected chi connectivity index (χ3v) is 4.59. The van der Waals surface area contributed by atoms with E-state index in [9.17, 15) is 9.18 Å². The molecule has 2 aromatic rings. The van der Waals surface area contributed by atoms with E-state index in [1.54, 1.807) is 12.4 Å². The molecule has 0 unspecified atom stereocenters. The van der Waals surface area contributed by atoms with Gasteiger partial charge in [0.1, 0.15) is 0 Å². The molecule has 1 amide bonds. The summed E-state index contributed by atoms with van der Waals surface area (Å²) in [4.78, 5) is 19.8. The Kier molecular flexibility index (Phi) is 3.40. The quantitative estimate of drug-likeness (QED) is 0.611. The first kappa shape index (κ1) is 14.6. The Labute approximate surface area is 136 Å². The van der Waals surface area contributed by atoms with Gasteiger partial charge in [-0.2, -0.15) is 10.1 Å². The van der Waals surface area contributed by atoms with Gasteiger partial charge in [0.2, 0.25) is 11.9 Å². The Bertz CT molecular complexity index is 791. The maximum Gasteiger partial charge on any atom is 0.229 e. The van der Waals surface area contributed by atoms with Crippen molar-refractivity contribution in [3.8, 4) is 0 Å². The normalized spacial score (nSPS) is 27.4. The van der Waals surface area contributed by atoms with E-state index in [0.29, 0.717) is 5.69 Å². The number of hydrogen-bond acceptors (Lipinski definition) is 6. The summed E-state index contributed by atoms with van der Waals surface area (Å²) >= 11 is 0. The molecule has 0 saturated heterocycles. The fourth-order valence-corrected chi connectivity index (χ4v) is 3.54. The summed E-state index contributed by atoms with van der Waals surface area (Å²) in [6.07, 6.45) is 9.18. The third-order valence-electron chi connectivity index (χ3n) is 4.59. The molecule has 124 valence electrons. The molecule has 1 fully saturated rings. The average Bonchev–Trinajstić information content (AvgIpc) is 3.27. The van der Waals surface area contributed by atoms with Gasteiger partial charge in [0.05, 0.1) is 24.0 Å². The first-order valence-corrected chi connectivity index (χ1v) is 7.64. The number of halogens is 1. The van der Waals surface area contributed by atoms with Crippen LogP contribution in [0.2, 0.25) is 0 Å². The molecule has 0 aromatic carbocycles. The highest BCUT2D eigenvalue weighted by molar-refractivity contribution is 5.79. The summed E-state index contributed by atoms with van der Waals surface area (Å²) in [7, 11) is 0. The first-order valence-electron chi connectivity index (χ1n) is 7.64. The summed E-state index contributed by atoms with van der Waals surface area (Å²) in [5, 5.41) is 12.4. The van der Waals surface area contributed by atoms with Crippen molar-refractivity contribution in [3.63, 3.8) is 0 Å². The van der Waals surface area contributed by atoms with Crippen LogP contribution in [0, 0.1) is 23.6 Å². The molecule has 8 nitrogen and oxygen atoms in total. The Balaban J connectivity index is 1.57. The number of aromatic nitrogens is 4. The topological polar surface area (TPSA) is 122 Å². The molecular weight excluding hydrogens is 313 g/mol. The van der Waals surface area contributed by atoms with Crippen molar-refractivity contribution in [2.45, 2.75) is 12.5 Å². The molecule has 2 bridgehead atoms. The Morgan fingerprint density at radius 2 is 2.17 bits per heavy atom. The number of anilines is 3. The SMILES string of the molecule is NC(=O)[C@@H]1[C@H](Nc2nc(Nc3cn[nH]c3)ncc2F)[C@H]2C=C[C@@H]1C2. The summed E-state index contributed by atoms with van der Waals surface area (Å²) in [5.41, 5.74) is 6.18. The van der Waals surface area contributed by atoms with Gasteiger partial charge in [0.15, 0.2) is 11.6 Å². The summed E-state index contributed by atoms with van der Waals surface area (Å²) in [5.74, 6) is -0.786. The van der Waals surface area contributed by atoms with Crippen molar-refractivity contribution in [2.24, 2.45) is 23.5 Å². The smallest absolute Gasteiger partial charge is 0.229 e. The van der Waals surface area contributed by atoms with Crippen LogP contribution >= 0.6 is 0 Å². The van der Waals surface area contributed by atoms with Crippen LogP contribution in [0.25, 0.3) is 0 Å². The maximum absolute atomic E-state index is 14.1. The predicted octanol–water partition coefficient (Wildman–Crippen LogP) is 1.17. The van der Waals surface area contributed by atoms with Gasteiger partial charge in [-0.15, -0.1) is 0 Å². The second-order valence-electron chi connectivity index (χ2n) is 6.05. The molecule has 2 aliphatic rings. The summed E-state index contributed by atoms with van der Waals surface area (Å²) in [6, 6.07) is -0.260. The molecule has 0 spiro atoms. The number of aromatic amines is 1. The number of nitrogens with zero attached hydrogens (tertiary/aromatic N) is 3. The number of primary amides is 1. The second kappa shape index (κ2) is 5.59. The number of H-pyrrole nitrogens is 1. The third kappa shape index (κ3) is 2.47. The van der Waals surface area contributed by atoms with E-state index >= 15 is 0 Å². The van der Waals surface area contributed by atoms with E-state index in [0.717, 1.165) is 12.6 Å². The minimum absolute atomic E-state index is 0.0493. The molecule has 2 aliphatic carbocycles. The van der Waals surface area contributed by atoms with Crippen LogP contribution in [0.3, 0.4) is 0 Å². The zero-order valence-corrected chi connectivity index (χ0v) is 12.6. The number of hydrogen-bond donors (Lipinski definition) is 4. The standard InChI is InChI=1S/C15H16FN7O/c16-10-6-18-15(21-9-4-19-20-5-9)23-14(10)22-12-8-2-1-7(3-8)11(12)13(17)24/h1-2,4-8,11-12H,3H2,(H2,17,24)(H,19,20)(H2,18,21,22,23)/t7-,8+,11+,12-/m1/s1. The largest absolute Gasteiger partial charge is 0.369 e. The van der Waals surface area contributed by atoms with Crippen molar-refractivity contribution in [2.75, 3.05) is 10.6 Å². The Morgan fingerprint density at radius 3 is 2.92 bits per heavy atom. The van der Waals surface area contributed by atoms with Crippen molar-refractivity contribution < 1.29 is 9.18 Å². The van der Waals surface area contributed by atoms with E-state index in [1.807, 2.05) is 12.2 Å². The van der Waals surface area contributed by atoms with E-state index in [4.69, 9.17) is 5.73 Å². The molecule has 2 heterocycles. The lowest BCUT2D eigenvalue weighted by Gasteiger charge is -2.27. The monoisotopic (exact) mass is 329 g/mol. The molecule has 0 radical (unpaired) electrons. The Hall–Kier alpha value is -2.97. The van der Waals surface area contributed by atoms with Gasteiger partial charge in [0.25, 0.3) is 0 Å². The van der Waals surface area contributed by atoms with Gasteiger partial charge >= 0.3 is 0 Å². The summed E-state index contributed by atoms with van der Waals surface area (Å²) in [6.45, 7) is 0. The van der Waals surface area contributed by atoms with Crippen LogP contribution in [-0.2, 0) is 4.79 Å². The van der Waals surface area contributed by atoms with Crippen molar-refractivity contribution in [3.05, 3.63) is 36.6 Å². The van der Waals surface area contributed by atoms with Gasteiger partial charge in [-0.3, -0.25) is 9.89 Å². The molecule has 2 aromatic heterocycles. The number of fused-ring (bicyclic) bond motifs is 2. The zero-order chi connectivity index (χ0) is 16.7. The van der Waals surface area contributed by atoms with Crippen LogP contribution in [-0.4, -0.2) is 32.1 Å². The fourth-order valence-electron chi connectivity index (χ4n) is 3.54.